The Bertz CT molecular complexity index is 440. The van der Waals surface area contributed by atoms with Gasteiger partial charge in [-0.1, -0.05) is 0 Å². The minimum atomic E-state index is -0.409. The summed E-state index contributed by atoms with van der Waals surface area (Å²) in [5.74, 6) is -0.126. The Morgan fingerprint density at radius 2 is 1.94 bits per heavy atom. The molecule has 0 bridgehead atoms. The fraction of sp³-hybridized carbons (Fsp3) is 0.692. The van der Waals surface area contributed by atoms with E-state index >= 15 is 0 Å². The minimum absolute atomic E-state index is 0.126. The maximum atomic E-state index is 12.2. The number of carbonyl (C=O) groups is 1. The maximum absolute atomic E-state index is 12.2. The molecule has 0 aliphatic heterocycles. The summed E-state index contributed by atoms with van der Waals surface area (Å²) in [6.45, 7) is 12.3. The highest BCUT2D eigenvalue weighted by Gasteiger charge is 2.24. The minimum Gasteiger partial charge on any atom is -0.346 e. The van der Waals surface area contributed by atoms with Crippen LogP contribution < -0.4 is 11.1 Å². The van der Waals surface area contributed by atoms with Gasteiger partial charge >= 0.3 is 0 Å². The molecule has 1 aromatic heterocycles. The van der Waals surface area contributed by atoms with Crippen LogP contribution in [0.15, 0.2) is 6.20 Å². The first-order valence-corrected chi connectivity index (χ1v) is 6.16. The van der Waals surface area contributed by atoms with E-state index in [0.717, 1.165) is 5.69 Å². The van der Waals surface area contributed by atoms with Gasteiger partial charge in [0, 0.05) is 17.8 Å². The molecule has 0 aliphatic rings. The fourth-order valence-corrected chi connectivity index (χ4v) is 1.73. The zero-order valence-corrected chi connectivity index (χ0v) is 12.2. The Hall–Kier alpha value is -1.36. The largest absolute Gasteiger partial charge is 0.346 e. The van der Waals surface area contributed by atoms with Crippen LogP contribution in [-0.4, -0.2) is 27.8 Å². The summed E-state index contributed by atoms with van der Waals surface area (Å²) in [7, 11) is 0. The summed E-state index contributed by atoms with van der Waals surface area (Å²) in [4.78, 5) is 12.2. The molecule has 1 amide bonds. The van der Waals surface area contributed by atoms with Crippen LogP contribution in [0.4, 0.5) is 0 Å². The summed E-state index contributed by atoms with van der Waals surface area (Å²) >= 11 is 0. The van der Waals surface area contributed by atoms with E-state index in [1.165, 1.54) is 0 Å². The lowest BCUT2D eigenvalue weighted by molar-refractivity contribution is 0.0915. The van der Waals surface area contributed by atoms with E-state index in [1.54, 1.807) is 6.20 Å². The number of amides is 1. The molecule has 1 aromatic rings. The molecule has 0 spiro atoms. The lowest BCUT2D eigenvalue weighted by Crippen LogP contribution is -2.49. The Morgan fingerprint density at radius 1 is 1.39 bits per heavy atom. The third kappa shape index (κ3) is 3.10. The number of carbonyl (C=O) groups excluding carboxylic acids is 1. The van der Waals surface area contributed by atoms with Gasteiger partial charge in [0.25, 0.3) is 5.91 Å². The third-order valence-electron chi connectivity index (χ3n) is 2.85. The lowest BCUT2D eigenvalue weighted by Gasteiger charge is -2.24. The fourth-order valence-electron chi connectivity index (χ4n) is 1.73. The molecule has 0 aliphatic carbocycles. The highest BCUT2D eigenvalue weighted by Crippen LogP contribution is 2.18. The molecule has 18 heavy (non-hydrogen) atoms. The number of hydrogen-bond acceptors (Lipinski definition) is 3. The molecule has 0 unspecified atom stereocenters. The summed E-state index contributed by atoms with van der Waals surface area (Å²) in [5.41, 5.74) is 6.54. The molecule has 0 aromatic carbocycles. The Labute approximate surface area is 109 Å². The summed E-state index contributed by atoms with van der Waals surface area (Å²) < 4.78 is 1.86. The molecule has 1 heterocycles. The van der Waals surface area contributed by atoms with Crippen LogP contribution in [0.2, 0.25) is 0 Å². The second kappa shape index (κ2) is 4.72. The second-order valence-corrected chi connectivity index (χ2v) is 6.27. The third-order valence-corrected chi connectivity index (χ3v) is 2.85. The first-order valence-electron chi connectivity index (χ1n) is 6.16. The number of hydrogen-bond donors (Lipinski definition) is 2. The predicted molar refractivity (Wildman–Crippen MR) is 72.6 cm³/mol. The zero-order chi connectivity index (χ0) is 14.1. The zero-order valence-electron chi connectivity index (χ0n) is 12.2. The van der Waals surface area contributed by atoms with Gasteiger partial charge < -0.3 is 11.1 Å². The molecule has 102 valence electrons. The SMILES string of the molecule is Cc1c(C(=O)NC(C)(C)CN)cnn1C(C)(C)C. The quantitative estimate of drug-likeness (QED) is 0.854. The Morgan fingerprint density at radius 3 is 2.33 bits per heavy atom. The van der Waals surface area contributed by atoms with Crippen molar-refractivity contribution in [3.63, 3.8) is 0 Å². The van der Waals surface area contributed by atoms with E-state index in [2.05, 4.69) is 31.2 Å². The Kier molecular flexibility index (Phi) is 3.86. The average Bonchev–Trinajstić information content (AvgIpc) is 2.59. The van der Waals surface area contributed by atoms with Gasteiger partial charge in [0.1, 0.15) is 0 Å². The summed E-state index contributed by atoms with van der Waals surface area (Å²) in [6, 6.07) is 0. The standard InChI is InChI=1S/C13H24N4O/c1-9-10(7-15-17(9)12(2,3)4)11(18)16-13(5,6)8-14/h7H,8,14H2,1-6H3,(H,16,18). The highest BCUT2D eigenvalue weighted by molar-refractivity contribution is 5.95. The molecular weight excluding hydrogens is 228 g/mol. The normalized spacial score (nSPS) is 12.6. The van der Waals surface area contributed by atoms with Gasteiger partial charge in [-0.25, -0.2) is 0 Å². The van der Waals surface area contributed by atoms with Crippen molar-refractivity contribution in [3.05, 3.63) is 17.5 Å². The first-order chi connectivity index (χ1) is 8.08. The second-order valence-electron chi connectivity index (χ2n) is 6.27. The Balaban J connectivity index is 2.99. The van der Waals surface area contributed by atoms with Crippen molar-refractivity contribution in [2.75, 3.05) is 6.54 Å². The van der Waals surface area contributed by atoms with Crippen LogP contribution >= 0.6 is 0 Å². The van der Waals surface area contributed by atoms with Crippen molar-refractivity contribution >= 4 is 5.91 Å². The molecule has 1 rings (SSSR count). The molecule has 5 nitrogen and oxygen atoms in total. The highest BCUT2D eigenvalue weighted by atomic mass is 16.1. The van der Waals surface area contributed by atoms with Crippen molar-refractivity contribution in [1.82, 2.24) is 15.1 Å². The van der Waals surface area contributed by atoms with Gasteiger partial charge in [-0.15, -0.1) is 0 Å². The molecule has 0 radical (unpaired) electrons. The molecule has 3 N–H and O–H groups in total. The van der Waals surface area contributed by atoms with Crippen LogP contribution in [0.25, 0.3) is 0 Å². The van der Waals surface area contributed by atoms with Gasteiger partial charge in [-0.3, -0.25) is 9.48 Å². The van der Waals surface area contributed by atoms with Crippen LogP contribution in [-0.2, 0) is 5.54 Å². The van der Waals surface area contributed by atoms with Gasteiger partial charge in [0.2, 0.25) is 0 Å². The van der Waals surface area contributed by atoms with Crippen LogP contribution in [0.1, 0.15) is 50.7 Å². The number of nitrogens with two attached hydrogens (primary N) is 1. The van der Waals surface area contributed by atoms with Gasteiger partial charge in [0.15, 0.2) is 0 Å². The van der Waals surface area contributed by atoms with E-state index in [1.807, 2.05) is 25.5 Å². The van der Waals surface area contributed by atoms with Crippen molar-refractivity contribution in [1.29, 1.82) is 0 Å². The van der Waals surface area contributed by atoms with E-state index in [9.17, 15) is 4.79 Å². The lowest BCUT2D eigenvalue weighted by atomic mass is 10.1. The number of nitrogens with zero attached hydrogens (tertiary/aromatic N) is 2. The maximum Gasteiger partial charge on any atom is 0.255 e. The van der Waals surface area contributed by atoms with E-state index < -0.39 is 5.54 Å². The molecule has 0 atom stereocenters. The van der Waals surface area contributed by atoms with Crippen LogP contribution in [0.5, 0.6) is 0 Å². The molecular formula is C13H24N4O. The van der Waals surface area contributed by atoms with E-state index in [0.29, 0.717) is 12.1 Å². The van der Waals surface area contributed by atoms with Crippen LogP contribution in [0.3, 0.4) is 0 Å². The molecule has 0 saturated heterocycles. The summed E-state index contributed by atoms with van der Waals surface area (Å²) in [6.07, 6.45) is 1.61. The van der Waals surface area contributed by atoms with Crippen molar-refractivity contribution < 1.29 is 4.79 Å². The van der Waals surface area contributed by atoms with Gasteiger partial charge in [-0.05, 0) is 41.5 Å². The number of rotatable bonds is 3. The van der Waals surface area contributed by atoms with Gasteiger partial charge in [0.05, 0.1) is 17.3 Å². The first kappa shape index (κ1) is 14.7. The number of nitrogens with one attached hydrogen (secondary N) is 1. The van der Waals surface area contributed by atoms with Crippen LogP contribution in [0, 0.1) is 6.92 Å². The molecule has 0 saturated carbocycles. The summed E-state index contributed by atoms with van der Waals surface area (Å²) in [5, 5.41) is 7.20. The monoisotopic (exact) mass is 252 g/mol. The van der Waals surface area contributed by atoms with Crippen molar-refractivity contribution in [2.24, 2.45) is 5.73 Å². The molecule has 0 fully saturated rings. The number of aromatic nitrogens is 2. The smallest absolute Gasteiger partial charge is 0.255 e. The predicted octanol–water partition coefficient (Wildman–Crippen LogP) is 1.41. The van der Waals surface area contributed by atoms with Crippen molar-refractivity contribution in [2.45, 2.75) is 52.6 Å². The van der Waals surface area contributed by atoms with Gasteiger partial charge in [-0.2, -0.15) is 5.10 Å². The average molecular weight is 252 g/mol. The van der Waals surface area contributed by atoms with E-state index in [4.69, 9.17) is 5.73 Å². The van der Waals surface area contributed by atoms with Crippen molar-refractivity contribution in [3.8, 4) is 0 Å². The topological polar surface area (TPSA) is 72.9 Å². The van der Waals surface area contributed by atoms with E-state index in [-0.39, 0.29) is 11.4 Å². The molecule has 5 heteroatoms.